The zero-order valence-corrected chi connectivity index (χ0v) is 15.1. The second-order valence-corrected chi connectivity index (χ2v) is 7.56. The molecule has 1 aliphatic carbocycles. The molecule has 1 fully saturated rings. The minimum Gasteiger partial charge on any atom is -0.370 e. The van der Waals surface area contributed by atoms with Crippen LogP contribution in [0.4, 0.5) is 5.82 Å². The van der Waals surface area contributed by atoms with Crippen LogP contribution in [0.3, 0.4) is 0 Å². The van der Waals surface area contributed by atoms with Crippen LogP contribution in [0.5, 0.6) is 0 Å². The fraction of sp³-hybridized carbons (Fsp3) is 0.571. The molecule has 0 saturated heterocycles. The lowest BCUT2D eigenvalue weighted by Gasteiger charge is -2.20. The Morgan fingerprint density at radius 1 is 1.04 bits per heavy atom. The summed E-state index contributed by atoms with van der Waals surface area (Å²) in [5.74, 6) is 1.93. The molecule has 24 heavy (non-hydrogen) atoms. The summed E-state index contributed by atoms with van der Waals surface area (Å²) in [6.07, 6.45) is 10.5. The first kappa shape index (κ1) is 15.7. The van der Waals surface area contributed by atoms with Gasteiger partial charge in [-0.1, -0.05) is 31.4 Å². The van der Waals surface area contributed by atoms with Crippen molar-refractivity contribution in [3.63, 3.8) is 0 Å². The second kappa shape index (κ2) is 6.62. The molecular weight excluding hydrogens is 294 g/mol. The molecule has 3 heteroatoms. The van der Waals surface area contributed by atoms with Crippen LogP contribution < -0.4 is 5.32 Å². The van der Waals surface area contributed by atoms with Crippen molar-refractivity contribution in [2.75, 3.05) is 11.9 Å². The first-order valence-corrected chi connectivity index (χ1v) is 9.68. The summed E-state index contributed by atoms with van der Waals surface area (Å²) in [6, 6.07) is 6.56. The number of nitrogens with one attached hydrogen (secondary N) is 1. The molecule has 4 rings (SSSR count). The minimum atomic E-state index is 0.666. The van der Waals surface area contributed by atoms with E-state index in [0.29, 0.717) is 5.92 Å². The molecule has 128 valence electrons. The number of benzene rings is 1. The first-order chi connectivity index (χ1) is 11.8. The van der Waals surface area contributed by atoms with Crippen molar-refractivity contribution in [1.29, 1.82) is 0 Å². The van der Waals surface area contributed by atoms with Crippen LogP contribution in [0.2, 0.25) is 0 Å². The summed E-state index contributed by atoms with van der Waals surface area (Å²) in [4.78, 5) is 0. The van der Waals surface area contributed by atoms with Gasteiger partial charge in [0.15, 0.2) is 0 Å². The molecule has 2 aliphatic rings. The number of hydrogen-bond acceptors (Lipinski definition) is 2. The van der Waals surface area contributed by atoms with Crippen LogP contribution in [-0.4, -0.2) is 16.3 Å². The molecule has 1 aromatic heterocycles. The standard InChI is InChI=1S/C21H29N3/c1-15-9-8-13-19(16(15)2)24-21-18(12-6-7-14-22-21)20(23-24)17-10-4-3-5-11-17/h8-9,13,17,22H,3-7,10-12,14H2,1-2H3. The summed E-state index contributed by atoms with van der Waals surface area (Å²) in [5, 5.41) is 8.88. The smallest absolute Gasteiger partial charge is 0.133 e. The molecule has 0 bridgehead atoms. The van der Waals surface area contributed by atoms with Crippen molar-refractivity contribution < 1.29 is 0 Å². The van der Waals surface area contributed by atoms with E-state index < -0.39 is 0 Å². The Bertz CT molecular complexity index is 723. The van der Waals surface area contributed by atoms with E-state index in [4.69, 9.17) is 5.10 Å². The number of aromatic nitrogens is 2. The lowest BCUT2D eigenvalue weighted by molar-refractivity contribution is 0.432. The number of nitrogens with zero attached hydrogens (tertiary/aromatic N) is 2. The maximum atomic E-state index is 5.18. The van der Waals surface area contributed by atoms with E-state index in [-0.39, 0.29) is 0 Å². The Hall–Kier alpha value is -1.77. The molecule has 1 saturated carbocycles. The van der Waals surface area contributed by atoms with Gasteiger partial charge in [-0.15, -0.1) is 0 Å². The van der Waals surface area contributed by atoms with Crippen LogP contribution in [0.15, 0.2) is 18.2 Å². The molecule has 2 aromatic rings. The van der Waals surface area contributed by atoms with Crippen LogP contribution in [0, 0.1) is 13.8 Å². The quantitative estimate of drug-likeness (QED) is 0.814. The maximum Gasteiger partial charge on any atom is 0.133 e. The maximum absolute atomic E-state index is 5.18. The zero-order valence-electron chi connectivity index (χ0n) is 15.1. The fourth-order valence-corrected chi connectivity index (χ4v) is 4.37. The van der Waals surface area contributed by atoms with Crippen LogP contribution in [-0.2, 0) is 6.42 Å². The molecule has 1 aromatic carbocycles. The van der Waals surface area contributed by atoms with Gasteiger partial charge in [-0.3, -0.25) is 0 Å². The van der Waals surface area contributed by atoms with E-state index >= 15 is 0 Å². The Morgan fingerprint density at radius 2 is 1.88 bits per heavy atom. The van der Waals surface area contributed by atoms with E-state index in [1.807, 2.05) is 0 Å². The summed E-state index contributed by atoms with van der Waals surface area (Å²) < 4.78 is 2.22. The van der Waals surface area contributed by atoms with E-state index in [2.05, 4.69) is 42.0 Å². The van der Waals surface area contributed by atoms with Gasteiger partial charge in [-0.25, -0.2) is 4.68 Å². The SMILES string of the molecule is Cc1cccc(-n2nc(C3CCCCC3)c3c2NCCCC3)c1C. The van der Waals surface area contributed by atoms with Crippen molar-refractivity contribution >= 4 is 5.82 Å². The third-order valence-corrected chi connectivity index (χ3v) is 5.96. The molecule has 2 heterocycles. The molecule has 0 unspecified atom stereocenters. The van der Waals surface area contributed by atoms with Crippen molar-refractivity contribution in [2.24, 2.45) is 0 Å². The van der Waals surface area contributed by atoms with E-state index in [9.17, 15) is 0 Å². The van der Waals surface area contributed by atoms with Gasteiger partial charge >= 0.3 is 0 Å². The van der Waals surface area contributed by atoms with E-state index in [1.165, 1.54) is 85.3 Å². The monoisotopic (exact) mass is 323 g/mol. The molecule has 0 atom stereocenters. The third-order valence-electron chi connectivity index (χ3n) is 5.96. The summed E-state index contributed by atoms with van der Waals surface area (Å²) >= 11 is 0. The molecule has 1 aliphatic heterocycles. The number of anilines is 1. The Kier molecular flexibility index (Phi) is 4.34. The van der Waals surface area contributed by atoms with Gasteiger partial charge in [0.25, 0.3) is 0 Å². The summed E-state index contributed by atoms with van der Waals surface area (Å²) in [6.45, 7) is 5.47. The van der Waals surface area contributed by atoms with E-state index in [0.717, 1.165) is 6.54 Å². The molecule has 3 nitrogen and oxygen atoms in total. The van der Waals surface area contributed by atoms with Crippen molar-refractivity contribution in [3.8, 4) is 5.69 Å². The summed E-state index contributed by atoms with van der Waals surface area (Å²) in [5.41, 5.74) is 6.80. The average Bonchev–Trinajstić information content (AvgIpc) is 2.79. The minimum absolute atomic E-state index is 0.666. The van der Waals surface area contributed by atoms with Gasteiger partial charge < -0.3 is 5.32 Å². The van der Waals surface area contributed by atoms with Crippen molar-refractivity contribution in [2.45, 2.75) is 71.1 Å². The van der Waals surface area contributed by atoms with Crippen molar-refractivity contribution in [1.82, 2.24) is 9.78 Å². The predicted molar refractivity (Wildman–Crippen MR) is 100 cm³/mol. The molecule has 0 amide bonds. The Balaban J connectivity index is 1.84. The van der Waals surface area contributed by atoms with Crippen LogP contribution in [0.1, 0.15) is 73.2 Å². The Labute approximate surface area is 145 Å². The molecular formula is C21H29N3. The fourth-order valence-electron chi connectivity index (χ4n) is 4.37. The highest BCUT2D eigenvalue weighted by Crippen LogP contribution is 2.39. The molecule has 1 N–H and O–H groups in total. The van der Waals surface area contributed by atoms with Crippen LogP contribution in [0.25, 0.3) is 5.69 Å². The largest absolute Gasteiger partial charge is 0.370 e. The normalized spacial score (nSPS) is 18.8. The van der Waals surface area contributed by atoms with Gasteiger partial charge in [0.1, 0.15) is 5.82 Å². The van der Waals surface area contributed by atoms with E-state index in [1.54, 1.807) is 0 Å². The summed E-state index contributed by atoms with van der Waals surface area (Å²) in [7, 11) is 0. The van der Waals surface area contributed by atoms with Gasteiger partial charge in [0.05, 0.1) is 11.4 Å². The average molecular weight is 323 g/mol. The van der Waals surface area contributed by atoms with Gasteiger partial charge in [-0.2, -0.15) is 5.10 Å². The van der Waals surface area contributed by atoms with Gasteiger partial charge in [0.2, 0.25) is 0 Å². The van der Waals surface area contributed by atoms with Crippen molar-refractivity contribution in [3.05, 3.63) is 40.6 Å². The lowest BCUT2D eigenvalue weighted by atomic mass is 9.85. The highest BCUT2D eigenvalue weighted by atomic mass is 15.3. The van der Waals surface area contributed by atoms with Gasteiger partial charge in [0, 0.05) is 18.0 Å². The zero-order chi connectivity index (χ0) is 16.5. The number of hydrogen-bond donors (Lipinski definition) is 1. The second-order valence-electron chi connectivity index (χ2n) is 7.56. The van der Waals surface area contributed by atoms with Crippen LogP contribution >= 0.6 is 0 Å². The highest BCUT2D eigenvalue weighted by Gasteiger charge is 2.27. The lowest BCUT2D eigenvalue weighted by Crippen LogP contribution is -2.09. The first-order valence-electron chi connectivity index (χ1n) is 9.68. The predicted octanol–water partition coefficient (Wildman–Crippen LogP) is 5.29. The highest BCUT2D eigenvalue weighted by molar-refractivity contribution is 5.57. The third kappa shape index (κ3) is 2.74. The number of rotatable bonds is 2. The van der Waals surface area contributed by atoms with Gasteiger partial charge in [-0.05, 0) is 63.1 Å². The topological polar surface area (TPSA) is 29.9 Å². The molecule has 0 radical (unpaired) electrons. The Morgan fingerprint density at radius 3 is 2.71 bits per heavy atom. The number of fused-ring (bicyclic) bond motifs is 1. The number of aryl methyl sites for hydroxylation is 1. The molecule has 0 spiro atoms.